The Morgan fingerprint density at radius 1 is 1.23 bits per heavy atom. The fraction of sp³-hybridized carbons (Fsp3) is 0.625. The number of rotatable bonds is 8. The lowest BCUT2D eigenvalue weighted by molar-refractivity contribution is 0.355. The number of benzene rings is 1. The molecule has 1 aliphatic heterocycles. The molecule has 0 fully saturated rings. The second kappa shape index (κ2) is 10.3. The quantitative estimate of drug-likeness (QED) is 0.446. The summed E-state index contributed by atoms with van der Waals surface area (Å²) in [5, 5.41) is 15.4. The zero-order valence-electron chi connectivity index (χ0n) is 19.9. The van der Waals surface area contributed by atoms with Gasteiger partial charge in [0.15, 0.2) is 11.8 Å². The van der Waals surface area contributed by atoms with Gasteiger partial charge in [0.1, 0.15) is 5.82 Å². The van der Waals surface area contributed by atoms with Crippen LogP contribution in [-0.4, -0.2) is 45.4 Å². The van der Waals surface area contributed by atoms with E-state index in [0.717, 1.165) is 43.5 Å². The molecular weight excluding hydrogens is 386 g/mol. The minimum Gasteiger partial charge on any atom is -0.357 e. The van der Waals surface area contributed by atoms with Crippen molar-refractivity contribution in [2.45, 2.75) is 84.5 Å². The van der Waals surface area contributed by atoms with Gasteiger partial charge in [-0.3, -0.25) is 4.99 Å². The van der Waals surface area contributed by atoms with E-state index >= 15 is 0 Å². The summed E-state index contributed by atoms with van der Waals surface area (Å²) >= 11 is 0. The Balaban J connectivity index is 1.60. The van der Waals surface area contributed by atoms with Crippen molar-refractivity contribution in [2.75, 3.05) is 13.1 Å². The number of hydrogen-bond donors (Lipinski definition) is 3. The summed E-state index contributed by atoms with van der Waals surface area (Å²) in [5.41, 5.74) is 1.16. The molecule has 7 heteroatoms. The monoisotopic (exact) mass is 425 g/mol. The number of guanidine groups is 1. The normalized spacial score (nSPS) is 18.0. The Bertz CT molecular complexity index is 854. The van der Waals surface area contributed by atoms with E-state index in [4.69, 9.17) is 15.1 Å². The van der Waals surface area contributed by atoms with Crippen molar-refractivity contribution in [3.63, 3.8) is 0 Å². The van der Waals surface area contributed by atoms with Gasteiger partial charge in [0.05, 0.1) is 13.1 Å². The summed E-state index contributed by atoms with van der Waals surface area (Å²) < 4.78 is 2.06. The molecule has 2 unspecified atom stereocenters. The minimum absolute atomic E-state index is 0.130. The largest absolute Gasteiger partial charge is 0.357 e. The lowest BCUT2D eigenvalue weighted by Crippen LogP contribution is -2.49. The fourth-order valence-corrected chi connectivity index (χ4v) is 3.94. The molecule has 2 aromatic rings. The average molecular weight is 426 g/mol. The first-order chi connectivity index (χ1) is 14.8. The Labute approximate surface area is 187 Å². The molecule has 7 nitrogen and oxygen atoms in total. The van der Waals surface area contributed by atoms with E-state index in [9.17, 15) is 0 Å². The van der Waals surface area contributed by atoms with E-state index in [0.29, 0.717) is 18.5 Å². The highest BCUT2D eigenvalue weighted by Crippen LogP contribution is 2.18. The SMILES string of the molecule is CCNC(=NCC(C)(C)NC(C)c1ccccc1)NC1CCc2nc(C(C)C)nn2C1. The van der Waals surface area contributed by atoms with Crippen LogP contribution < -0.4 is 16.0 Å². The van der Waals surface area contributed by atoms with E-state index in [1.54, 1.807) is 0 Å². The van der Waals surface area contributed by atoms with Crippen LogP contribution in [0.4, 0.5) is 0 Å². The molecule has 3 rings (SSSR count). The van der Waals surface area contributed by atoms with Crippen molar-refractivity contribution in [3.05, 3.63) is 47.5 Å². The van der Waals surface area contributed by atoms with Crippen LogP contribution in [0.1, 0.15) is 77.1 Å². The number of aromatic nitrogens is 3. The summed E-state index contributed by atoms with van der Waals surface area (Å²) in [7, 11) is 0. The summed E-state index contributed by atoms with van der Waals surface area (Å²) in [6, 6.07) is 11.1. The molecule has 170 valence electrons. The van der Waals surface area contributed by atoms with Crippen molar-refractivity contribution in [3.8, 4) is 0 Å². The maximum Gasteiger partial charge on any atom is 0.191 e. The van der Waals surface area contributed by atoms with Crippen molar-refractivity contribution >= 4 is 5.96 Å². The average Bonchev–Trinajstić information content (AvgIpc) is 3.16. The molecule has 3 N–H and O–H groups in total. The Morgan fingerprint density at radius 3 is 2.65 bits per heavy atom. The minimum atomic E-state index is -0.130. The Hall–Kier alpha value is -2.41. The maximum atomic E-state index is 4.90. The number of hydrogen-bond acceptors (Lipinski definition) is 4. The summed E-state index contributed by atoms with van der Waals surface area (Å²) in [5.74, 6) is 3.26. The molecule has 0 bridgehead atoms. The Morgan fingerprint density at radius 2 is 1.97 bits per heavy atom. The predicted molar refractivity (Wildman–Crippen MR) is 127 cm³/mol. The molecule has 1 aliphatic rings. The number of fused-ring (bicyclic) bond motifs is 1. The molecule has 1 aromatic carbocycles. The third-order valence-corrected chi connectivity index (χ3v) is 5.62. The van der Waals surface area contributed by atoms with Gasteiger partial charge >= 0.3 is 0 Å². The van der Waals surface area contributed by atoms with Gasteiger partial charge in [-0.2, -0.15) is 5.10 Å². The molecule has 0 saturated heterocycles. The molecule has 2 heterocycles. The lowest BCUT2D eigenvalue weighted by atomic mass is 10.0. The van der Waals surface area contributed by atoms with Crippen LogP contribution in [0.5, 0.6) is 0 Å². The number of nitrogens with one attached hydrogen (secondary N) is 3. The first-order valence-electron chi connectivity index (χ1n) is 11.6. The standard InChI is InChI=1S/C24H39N7/c1-7-25-23(26-16-24(5,6)29-18(4)19-11-9-8-10-12-19)27-20-13-14-21-28-22(17(2)3)30-31(21)15-20/h8-12,17-18,20,29H,7,13-16H2,1-6H3,(H2,25,26,27). The van der Waals surface area contributed by atoms with Gasteiger partial charge in [0.25, 0.3) is 0 Å². The van der Waals surface area contributed by atoms with Crippen LogP contribution in [0, 0.1) is 0 Å². The van der Waals surface area contributed by atoms with E-state index in [1.165, 1.54) is 5.56 Å². The molecule has 1 aromatic heterocycles. The molecule has 31 heavy (non-hydrogen) atoms. The molecule has 0 saturated carbocycles. The topological polar surface area (TPSA) is 79.2 Å². The van der Waals surface area contributed by atoms with Gasteiger partial charge < -0.3 is 16.0 Å². The summed E-state index contributed by atoms with van der Waals surface area (Å²) in [6.45, 7) is 15.3. The molecular formula is C24H39N7. The van der Waals surface area contributed by atoms with E-state index in [1.807, 2.05) is 0 Å². The van der Waals surface area contributed by atoms with E-state index < -0.39 is 0 Å². The zero-order valence-corrected chi connectivity index (χ0v) is 19.9. The second-order valence-corrected chi connectivity index (χ2v) is 9.46. The molecule has 0 spiro atoms. The number of aryl methyl sites for hydroxylation is 1. The van der Waals surface area contributed by atoms with Crippen molar-refractivity contribution in [2.24, 2.45) is 4.99 Å². The Kier molecular flexibility index (Phi) is 7.70. The zero-order chi connectivity index (χ0) is 22.4. The van der Waals surface area contributed by atoms with Crippen LogP contribution in [0.2, 0.25) is 0 Å². The van der Waals surface area contributed by atoms with Gasteiger partial charge in [-0.05, 0) is 39.7 Å². The molecule has 0 radical (unpaired) electrons. The van der Waals surface area contributed by atoms with Crippen molar-refractivity contribution in [1.29, 1.82) is 0 Å². The second-order valence-electron chi connectivity index (χ2n) is 9.46. The summed E-state index contributed by atoms with van der Waals surface area (Å²) in [6.07, 6.45) is 1.98. The van der Waals surface area contributed by atoms with Crippen LogP contribution in [0.15, 0.2) is 35.3 Å². The van der Waals surface area contributed by atoms with Gasteiger partial charge in [-0.25, -0.2) is 9.67 Å². The molecule has 0 amide bonds. The first-order valence-corrected chi connectivity index (χ1v) is 11.6. The smallest absolute Gasteiger partial charge is 0.191 e. The third kappa shape index (κ3) is 6.53. The van der Waals surface area contributed by atoms with Gasteiger partial charge in [0, 0.05) is 36.5 Å². The van der Waals surface area contributed by atoms with Crippen LogP contribution in [0.3, 0.4) is 0 Å². The first kappa shape index (κ1) is 23.3. The highest BCUT2D eigenvalue weighted by atomic mass is 15.4. The van der Waals surface area contributed by atoms with E-state index in [2.05, 4.69) is 92.5 Å². The summed E-state index contributed by atoms with van der Waals surface area (Å²) in [4.78, 5) is 9.59. The molecule has 2 atom stereocenters. The highest BCUT2D eigenvalue weighted by Gasteiger charge is 2.24. The van der Waals surface area contributed by atoms with Gasteiger partial charge in [-0.1, -0.05) is 44.2 Å². The maximum absolute atomic E-state index is 4.90. The van der Waals surface area contributed by atoms with Crippen LogP contribution >= 0.6 is 0 Å². The molecule has 0 aliphatic carbocycles. The fourth-order valence-electron chi connectivity index (χ4n) is 3.94. The van der Waals surface area contributed by atoms with Gasteiger partial charge in [0.2, 0.25) is 0 Å². The van der Waals surface area contributed by atoms with Crippen LogP contribution in [-0.2, 0) is 13.0 Å². The van der Waals surface area contributed by atoms with E-state index in [-0.39, 0.29) is 11.6 Å². The van der Waals surface area contributed by atoms with Gasteiger partial charge in [-0.15, -0.1) is 0 Å². The third-order valence-electron chi connectivity index (χ3n) is 5.62. The van der Waals surface area contributed by atoms with Crippen LogP contribution in [0.25, 0.3) is 0 Å². The highest BCUT2D eigenvalue weighted by molar-refractivity contribution is 5.80. The number of aliphatic imine (C=N–C) groups is 1. The predicted octanol–water partition coefficient (Wildman–Crippen LogP) is 3.40. The van der Waals surface area contributed by atoms with Crippen molar-refractivity contribution in [1.82, 2.24) is 30.7 Å². The number of nitrogens with zero attached hydrogens (tertiary/aromatic N) is 4. The van der Waals surface area contributed by atoms with Crippen molar-refractivity contribution < 1.29 is 0 Å². The lowest BCUT2D eigenvalue weighted by Gasteiger charge is -2.30.